The van der Waals surface area contributed by atoms with Crippen LogP contribution in [0.3, 0.4) is 0 Å². The smallest absolute Gasteiger partial charge is 0.426 e. The van der Waals surface area contributed by atoms with Crippen LogP contribution >= 0.6 is 21.6 Å². The van der Waals surface area contributed by atoms with E-state index >= 15 is 0 Å². The fourth-order valence-electron chi connectivity index (χ4n) is 11.7. The lowest BCUT2D eigenvalue weighted by Gasteiger charge is -2.63. The van der Waals surface area contributed by atoms with Crippen LogP contribution < -0.4 is 53.0 Å². The topological polar surface area (TPSA) is 401 Å². The van der Waals surface area contributed by atoms with Gasteiger partial charge in [-0.25, -0.2) is 20.2 Å². The summed E-state index contributed by atoms with van der Waals surface area (Å²) in [5.74, 6) is -1.97. The van der Waals surface area contributed by atoms with Gasteiger partial charge in [-0.1, -0.05) is 46.7 Å². The van der Waals surface area contributed by atoms with Crippen LogP contribution in [-0.4, -0.2) is 198 Å². The number of likely N-dealkylation sites (N-methyl/N-ethyl adjacent to an activating group) is 1. The fourth-order valence-corrected chi connectivity index (χ4v) is 13.4. The summed E-state index contributed by atoms with van der Waals surface area (Å²) in [6, 6.07) is 9.27. The molecule has 8 rings (SSSR count). The van der Waals surface area contributed by atoms with Crippen LogP contribution in [0.4, 0.5) is 22.1 Å². The standard InChI is InChI=1S/C51H67N13O14S2/c1-4-49-14-6-18-64-19-15-50(43(49)64)31-13-12-30(77-3)23-32(31)63(2)44(50)51(76,45(49)73)46(74)61-62-48(75)78-20-22-80-79-21-17-54-41(71)35(38(69)37(68)33(66)26-65)58-34(67)7-5-16-53-40(70)27-8-10-28(11-9-27)55-24-29-25-56-39-36(57-29)42(72)60-47(52)59-39/h6,8-14,23,25,33,35,37-38,43-45,55,65-66,68-69,73,76H,4-5,7,15-22,24,26H2,1-3H3,(H,53,70)(H,54,71)(H,58,67)(H,61,74)(H,62,75)(H3,52,56,59,60,72)/t33-,35?,37-,38?,43?,44-,45-,49-,50-,51+/m1/s1. The first kappa shape index (κ1) is 59.3. The zero-order valence-electron chi connectivity index (χ0n) is 44.1. The molecule has 0 bridgehead atoms. The minimum atomic E-state index is -2.41. The van der Waals surface area contributed by atoms with Gasteiger partial charge in [-0.2, -0.15) is 4.98 Å². The summed E-state index contributed by atoms with van der Waals surface area (Å²) in [5, 5.41) is 76.4. The van der Waals surface area contributed by atoms with Gasteiger partial charge in [0.05, 0.1) is 38.2 Å². The van der Waals surface area contributed by atoms with Crippen molar-refractivity contribution >= 4 is 79.8 Å². The van der Waals surface area contributed by atoms with Gasteiger partial charge in [-0.3, -0.25) is 39.3 Å². The minimum absolute atomic E-state index is 0.0129. The van der Waals surface area contributed by atoms with Crippen molar-refractivity contribution in [2.24, 2.45) is 5.41 Å². The Morgan fingerprint density at radius 1 is 0.988 bits per heavy atom. The highest BCUT2D eigenvalue weighted by Gasteiger charge is 2.78. The number of carbonyl (C=O) groups is 5. The second-order valence-electron chi connectivity index (χ2n) is 19.9. The number of nitrogens with two attached hydrogens (primary N) is 1. The Morgan fingerprint density at radius 2 is 1.75 bits per heavy atom. The lowest BCUT2D eigenvalue weighted by atomic mass is 9.47. The van der Waals surface area contributed by atoms with Crippen molar-refractivity contribution in [1.29, 1.82) is 0 Å². The molecule has 10 atom stereocenters. The van der Waals surface area contributed by atoms with E-state index in [1.807, 2.05) is 42.2 Å². The van der Waals surface area contributed by atoms with E-state index in [0.717, 1.165) is 11.3 Å². The molecule has 2 aromatic heterocycles. The Balaban J connectivity index is 0.747. The van der Waals surface area contributed by atoms with Crippen LogP contribution in [0.1, 0.15) is 54.2 Å². The number of H-pyrrole nitrogens is 1. The van der Waals surface area contributed by atoms with Crippen LogP contribution in [0.2, 0.25) is 0 Å². The van der Waals surface area contributed by atoms with Crippen LogP contribution in [0, 0.1) is 5.41 Å². The van der Waals surface area contributed by atoms with Gasteiger partial charge in [0, 0.05) is 84.5 Å². The maximum atomic E-state index is 14.3. The summed E-state index contributed by atoms with van der Waals surface area (Å²) >= 11 is 0. The number of aromatic amines is 1. The van der Waals surface area contributed by atoms with Crippen molar-refractivity contribution in [2.75, 3.05) is 81.0 Å². The number of carbonyl (C=O) groups excluding carboxylic acids is 5. The van der Waals surface area contributed by atoms with E-state index < -0.39 is 94.8 Å². The first-order chi connectivity index (χ1) is 38.3. The van der Waals surface area contributed by atoms with E-state index in [0.29, 0.717) is 48.6 Å². The summed E-state index contributed by atoms with van der Waals surface area (Å²) in [4.78, 5) is 97.3. The van der Waals surface area contributed by atoms with Gasteiger partial charge in [0.15, 0.2) is 16.8 Å². The second kappa shape index (κ2) is 25.3. The lowest BCUT2D eigenvalue weighted by Crippen LogP contribution is -2.82. The number of hydrogen-bond acceptors (Lipinski definition) is 23. The van der Waals surface area contributed by atoms with Gasteiger partial charge in [0.2, 0.25) is 17.8 Å². The summed E-state index contributed by atoms with van der Waals surface area (Å²) < 4.78 is 10.8. The molecule has 432 valence electrons. The highest BCUT2D eigenvalue weighted by atomic mass is 33.1. The third-order valence-electron chi connectivity index (χ3n) is 15.3. The molecule has 1 saturated carbocycles. The third-order valence-corrected chi connectivity index (χ3v) is 17.7. The molecule has 1 aliphatic carbocycles. The number of aliphatic hydroxyl groups excluding tert-OH is 5. The van der Waals surface area contributed by atoms with Crippen molar-refractivity contribution in [3.63, 3.8) is 0 Å². The van der Waals surface area contributed by atoms with Gasteiger partial charge in [0.1, 0.15) is 42.8 Å². The SMILES string of the molecule is CC[C@]12C=CCN3CC[C@@]4(c5ccc(OC)cc5N(C)[C@H]4[C@@](O)(C(=O)NNC(=O)OCCSSCCNC(=O)C(NC(=O)CCCNC(=O)c4ccc(NCc5cnc6nc(N)[nH]c(=O)c6n5)cc4)C(O)[C@H](O)[C@H](O)CO)[C@@H]1O)C32. The van der Waals surface area contributed by atoms with E-state index in [1.165, 1.54) is 27.8 Å². The van der Waals surface area contributed by atoms with Gasteiger partial charge in [-0.15, -0.1) is 0 Å². The summed E-state index contributed by atoms with van der Waals surface area (Å²) in [5.41, 5.74) is 8.69. The Labute approximate surface area is 466 Å². The number of methoxy groups -OCH3 is 1. The van der Waals surface area contributed by atoms with E-state index in [-0.39, 0.29) is 73.7 Å². The first-order valence-corrected chi connectivity index (χ1v) is 28.4. The lowest BCUT2D eigenvalue weighted by molar-refractivity contribution is -0.204. The normalized spacial score (nSPS) is 24.1. The number of fused-ring (bicyclic) bond motifs is 2. The zero-order chi connectivity index (χ0) is 57.5. The molecule has 3 aliphatic heterocycles. The van der Waals surface area contributed by atoms with E-state index in [1.54, 1.807) is 38.4 Å². The minimum Gasteiger partial charge on any atom is -0.497 e. The van der Waals surface area contributed by atoms with Gasteiger partial charge < -0.3 is 72.0 Å². The number of benzene rings is 2. The number of ether oxygens (including phenoxy) is 2. The Morgan fingerprint density at radius 3 is 2.49 bits per heavy atom. The number of aliphatic hydroxyl groups is 6. The Hall–Kier alpha value is -6.83. The van der Waals surface area contributed by atoms with Crippen LogP contribution in [0.15, 0.2) is 65.6 Å². The third kappa shape index (κ3) is 11.7. The number of rotatable bonds is 24. The zero-order valence-corrected chi connectivity index (χ0v) is 45.7. The molecule has 1 saturated heterocycles. The fraction of sp³-hybridized carbons (Fsp3) is 0.510. The van der Waals surface area contributed by atoms with Crippen molar-refractivity contribution in [1.82, 2.24) is 51.6 Å². The molecule has 2 aromatic carbocycles. The second-order valence-corrected chi connectivity index (χ2v) is 22.6. The molecule has 4 aromatic rings. The molecule has 0 radical (unpaired) electrons. The van der Waals surface area contributed by atoms with Crippen LogP contribution in [0.5, 0.6) is 5.75 Å². The van der Waals surface area contributed by atoms with Crippen molar-refractivity contribution in [3.8, 4) is 5.75 Å². The summed E-state index contributed by atoms with van der Waals surface area (Å²) in [6.07, 6.45) is -2.17. The maximum Gasteiger partial charge on any atom is 0.426 e. The highest BCUT2D eigenvalue weighted by molar-refractivity contribution is 8.76. The molecule has 1 spiro atoms. The molecule has 27 nitrogen and oxygen atoms in total. The Bertz CT molecular complexity index is 3020. The van der Waals surface area contributed by atoms with E-state index in [9.17, 15) is 59.4 Å². The number of nitrogens with zero attached hydrogens (tertiary/aromatic N) is 5. The quantitative estimate of drug-likeness (QED) is 0.0158. The number of aromatic nitrogens is 4. The molecule has 29 heteroatoms. The average molecular weight is 1150 g/mol. The molecule has 5 heterocycles. The number of anilines is 3. The summed E-state index contributed by atoms with van der Waals surface area (Å²) in [6.45, 7) is 2.49. The number of hydrogen-bond donors (Lipinski definition) is 14. The molecule has 3 unspecified atom stereocenters. The van der Waals surface area contributed by atoms with Gasteiger partial charge in [-0.05, 0) is 61.7 Å². The van der Waals surface area contributed by atoms with Crippen molar-refractivity contribution < 1.29 is 64.1 Å². The maximum absolute atomic E-state index is 14.3. The van der Waals surface area contributed by atoms with E-state index in [4.69, 9.17) is 15.2 Å². The van der Waals surface area contributed by atoms with Gasteiger partial charge >= 0.3 is 6.09 Å². The highest BCUT2D eigenvalue weighted by Crippen LogP contribution is 2.66. The molecule has 15 N–H and O–H groups in total. The molecular weight excluding hydrogens is 1080 g/mol. The van der Waals surface area contributed by atoms with Crippen molar-refractivity contribution in [3.05, 3.63) is 88.0 Å². The first-order valence-electron chi connectivity index (χ1n) is 25.9. The molecule has 2 fully saturated rings. The molecular formula is C51H67N13O14S2. The monoisotopic (exact) mass is 1150 g/mol. The number of nitrogen functional groups attached to an aromatic ring is 1. The summed E-state index contributed by atoms with van der Waals surface area (Å²) in [7, 11) is 5.90. The predicted octanol–water partition coefficient (Wildman–Crippen LogP) is -1.86. The number of hydrazine groups is 1. The van der Waals surface area contributed by atoms with E-state index in [2.05, 4.69) is 57.0 Å². The van der Waals surface area contributed by atoms with Crippen molar-refractivity contribution in [2.45, 2.75) is 92.7 Å². The predicted molar refractivity (Wildman–Crippen MR) is 295 cm³/mol. The number of amides is 5. The van der Waals surface area contributed by atoms with Crippen LogP contribution in [0.25, 0.3) is 11.2 Å². The molecule has 5 amide bonds. The van der Waals surface area contributed by atoms with Crippen LogP contribution in [-0.2, 0) is 31.1 Å². The largest absolute Gasteiger partial charge is 0.497 e. The number of nitrogens with one attached hydrogen (secondary N) is 7. The Kier molecular flexibility index (Phi) is 18.8. The average Bonchev–Trinajstić information content (AvgIpc) is 3.76. The molecule has 80 heavy (non-hydrogen) atoms. The van der Waals surface area contributed by atoms with Gasteiger partial charge in [0.25, 0.3) is 17.4 Å². The molecule has 4 aliphatic rings.